The fourth-order valence-electron chi connectivity index (χ4n) is 4.83. The van der Waals surface area contributed by atoms with E-state index in [1.807, 2.05) is 35.2 Å². The molecule has 144 valence electrons. The summed E-state index contributed by atoms with van der Waals surface area (Å²) >= 11 is 0. The number of carbonyl (C=O) groups is 1. The minimum Gasteiger partial charge on any atom is -0.484 e. The molecule has 0 radical (unpaired) electrons. The largest absolute Gasteiger partial charge is 0.484 e. The van der Waals surface area contributed by atoms with Crippen LogP contribution in [0, 0.1) is 5.92 Å². The Labute approximate surface area is 162 Å². The lowest BCUT2D eigenvalue weighted by Crippen LogP contribution is -3.19. The summed E-state index contributed by atoms with van der Waals surface area (Å²) in [4.78, 5) is 16.3. The molecule has 2 fully saturated rings. The van der Waals surface area contributed by atoms with Crippen molar-refractivity contribution in [1.29, 1.82) is 0 Å². The first-order chi connectivity index (χ1) is 13.2. The Morgan fingerprint density at radius 3 is 2.59 bits per heavy atom. The zero-order chi connectivity index (χ0) is 18.6. The van der Waals surface area contributed by atoms with E-state index in [2.05, 4.69) is 19.1 Å². The van der Waals surface area contributed by atoms with Crippen LogP contribution in [0.15, 0.2) is 42.5 Å². The van der Waals surface area contributed by atoms with Crippen molar-refractivity contribution in [1.82, 2.24) is 4.90 Å². The average molecular weight is 368 g/mol. The number of amides is 1. The maximum Gasteiger partial charge on any atom is 0.260 e. The van der Waals surface area contributed by atoms with E-state index < -0.39 is 0 Å². The fraction of sp³-hybridized carbons (Fsp3) is 0.522. The third kappa shape index (κ3) is 4.27. The van der Waals surface area contributed by atoms with E-state index in [4.69, 9.17) is 4.74 Å². The lowest BCUT2D eigenvalue weighted by molar-refractivity contribution is -0.934. The Morgan fingerprint density at radius 2 is 1.81 bits per heavy atom. The van der Waals surface area contributed by atoms with Crippen molar-refractivity contribution in [2.45, 2.75) is 38.6 Å². The molecule has 2 aromatic carbocycles. The molecule has 1 N–H and O–H groups in total. The van der Waals surface area contributed by atoms with Crippen molar-refractivity contribution in [2.75, 3.05) is 32.8 Å². The number of hydrogen-bond acceptors (Lipinski definition) is 2. The van der Waals surface area contributed by atoms with Gasteiger partial charge in [-0.05, 0) is 42.2 Å². The Bertz CT molecular complexity index is 783. The van der Waals surface area contributed by atoms with Gasteiger partial charge in [-0.25, -0.2) is 0 Å². The summed E-state index contributed by atoms with van der Waals surface area (Å²) in [7, 11) is 0. The van der Waals surface area contributed by atoms with Crippen LogP contribution in [0.25, 0.3) is 10.8 Å². The summed E-state index contributed by atoms with van der Waals surface area (Å²) < 4.78 is 5.79. The van der Waals surface area contributed by atoms with Gasteiger partial charge in [0.2, 0.25) is 0 Å². The number of piperazine rings is 1. The molecule has 4 nitrogen and oxygen atoms in total. The van der Waals surface area contributed by atoms with Crippen molar-refractivity contribution in [3.05, 3.63) is 42.5 Å². The molecule has 4 rings (SSSR count). The van der Waals surface area contributed by atoms with Crippen LogP contribution in [0.5, 0.6) is 5.75 Å². The normalized spacial score (nSPS) is 24.1. The summed E-state index contributed by atoms with van der Waals surface area (Å²) in [5.74, 6) is 1.70. The molecule has 1 aliphatic carbocycles. The van der Waals surface area contributed by atoms with Gasteiger partial charge in [0.15, 0.2) is 6.61 Å². The standard InChI is InChI=1S/C23H30N2O2/c1-18-6-2-5-9-22(18)24-12-14-25(15-13-24)23(26)17-27-21-11-10-19-7-3-4-8-20(19)16-21/h3-4,7-8,10-11,16,18,22H,2,5-6,9,12-15,17H2,1H3/p+1/t18-,22+/m1/s1. The van der Waals surface area contributed by atoms with Gasteiger partial charge in [-0.3, -0.25) is 4.79 Å². The number of quaternary nitrogens is 1. The monoisotopic (exact) mass is 367 g/mol. The first-order valence-electron chi connectivity index (χ1n) is 10.4. The molecular formula is C23H31N2O2+. The van der Waals surface area contributed by atoms with E-state index in [0.717, 1.165) is 49.3 Å². The van der Waals surface area contributed by atoms with Gasteiger partial charge >= 0.3 is 0 Å². The van der Waals surface area contributed by atoms with Gasteiger partial charge in [0.25, 0.3) is 5.91 Å². The number of hydrogen-bond donors (Lipinski definition) is 1. The van der Waals surface area contributed by atoms with Gasteiger partial charge in [0.05, 0.1) is 32.2 Å². The second-order valence-electron chi connectivity index (χ2n) is 8.20. The maximum atomic E-state index is 12.6. The SMILES string of the molecule is C[C@@H]1CCCC[C@@H]1[NH+]1CCN(C(=O)COc2ccc3ccccc3c2)CC1. The van der Waals surface area contributed by atoms with Crippen LogP contribution in [-0.2, 0) is 4.79 Å². The minimum atomic E-state index is 0.110. The minimum absolute atomic E-state index is 0.110. The van der Waals surface area contributed by atoms with Gasteiger partial charge in [-0.2, -0.15) is 0 Å². The van der Waals surface area contributed by atoms with E-state index in [0.29, 0.717) is 0 Å². The smallest absolute Gasteiger partial charge is 0.260 e. The molecule has 2 aromatic rings. The molecule has 0 unspecified atom stereocenters. The van der Waals surface area contributed by atoms with E-state index in [-0.39, 0.29) is 12.5 Å². The summed E-state index contributed by atoms with van der Waals surface area (Å²) in [5.41, 5.74) is 0. The van der Waals surface area contributed by atoms with Gasteiger partial charge in [0.1, 0.15) is 5.75 Å². The quantitative estimate of drug-likeness (QED) is 0.901. The molecule has 0 spiro atoms. The second-order valence-corrected chi connectivity index (χ2v) is 8.20. The van der Waals surface area contributed by atoms with Crippen LogP contribution >= 0.6 is 0 Å². The number of rotatable bonds is 4. The molecule has 27 heavy (non-hydrogen) atoms. The highest BCUT2D eigenvalue weighted by molar-refractivity contribution is 5.84. The van der Waals surface area contributed by atoms with Crippen LogP contribution < -0.4 is 9.64 Å². The highest BCUT2D eigenvalue weighted by Gasteiger charge is 2.33. The third-order valence-corrected chi connectivity index (χ3v) is 6.48. The second kappa shape index (κ2) is 8.30. The van der Waals surface area contributed by atoms with Crippen LogP contribution in [0.2, 0.25) is 0 Å². The van der Waals surface area contributed by atoms with E-state index in [1.54, 1.807) is 4.90 Å². The van der Waals surface area contributed by atoms with Gasteiger partial charge in [-0.1, -0.05) is 43.7 Å². The molecule has 1 heterocycles. The predicted octanol–water partition coefficient (Wildman–Crippen LogP) is 2.52. The Hall–Kier alpha value is -2.07. The molecule has 1 saturated carbocycles. The van der Waals surface area contributed by atoms with Gasteiger partial charge in [-0.15, -0.1) is 0 Å². The number of nitrogens with zero attached hydrogens (tertiary/aromatic N) is 1. The number of fused-ring (bicyclic) bond motifs is 1. The fourth-order valence-corrected chi connectivity index (χ4v) is 4.83. The Morgan fingerprint density at radius 1 is 1.07 bits per heavy atom. The molecule has 1 aliphatic heterocycles. The first-order valence-corrected chi connectivity index (χ1v) is 10.4. The van der Waals surface area contributed by atoms with Crippen molar-refractivity contribution >= 4 is 16.7 Å². The van der Waals surface area contributed by atoms with Gasteiger partial charge in [0, 0.05) is 5.92 Å². The van der Waals surface area contributed by atoms with E-state index in [9.17, 15) is 4.79 Å². The molecular weight excluding hydrogens is 336 g/mol. The topological polar surface area (TPSA) is 34.0 Å². The first kappa shape index (κ1) is 18.3. The van der Waals surface area contributed by atoms with Crippen molar-refractivity contribution in [3.8, 4) is 5.75 Å². The van der Waals surface area contributed by atoms with Gasteiger partial charge < -0.3 is 14.5 Å². The highest BCUT2D eigenvalue weighted by atomic mass is 16.5. The summed E-state index contributed by atoms with van der Waals surface area (Å²) in [6.45, 7) is 6.42. The predicted molar refractivity (Wildman–Crippen MR) is 108 cm³/mol. The van der Waals surface area contributed by atoms with E-state index >= 15 is 0 Å². The molecule has 0 bridgehead atoms. The molecule has 1 saturated heterocycles. The van der Waals surface area contributed by atoms with E-state index in [1.165, 1.54) is 31.1 Å². The molecule has 2 atom stereocenters. The lowest BCUT2D eigenvalue weighted by atomic mass is 9.84. The summed E-state index contributed by atoms with van der Waals surface area (Å²) in [5, 5.41) is 2.33. The number of nitrogens with one attached hydrogen (secondary N) is 1. The van der Waals surface area contributed by atoms with Crippen LogP contribution in [0.4, 0.5) is 0 Å². The maximum absolute atomic E-state index is 12.6. The molecule has 1 amide bonds. The molecule has 2 aliphatic rings. The zero-order valence-electron chi connectivity index (χ0n) is 16.3. The number of carbonyl (C=O) groups excluding carboxylic acids is 1. The Balaban J connectivity index is 1.27. The lowest BCUT2D eigenvalue weighted by Gasteiger charge is -2.40. The van der Waals surface area contributed by atoms with Crippen molar-refractivity contribution < 1.29 is 14.4 Å². The zero-order valence-corrected chi connectivity index (χ0v) is 16.3. The van der Waals surface area contributed by atoms with Crippen LogP contribution in [-0.4, -0.2) is 49.6 Å². The van der Waals surface area contributed by atoms with Crippen LogP contribution in [0.3, 0.4) is 0 Å². The van der Waals surface area contributed by atoms with Crippen molar-refractivity contribution in [3.63, 3.8) is 0 Å². The summed E-state index contributed by atoms with van der Waals surface area (Å²) in [6.07, 6.45) is 5.49. The highest BCUT2D eigenvalue weighted by Crippen LogP contribution is 2.22. The molecule has 4 heteroatoms. The molecule has 0 aromatic heterocycles. The number of ether oxygens (including phenoxy) is 1. The average Bonchev–Trinajstić information content (AvgIpc) is 2.72. The third-order valence-electron chi connectivity index (χ3n) is 6.48. The Kier molecular flexibility index (Phi) is 5.63. The van der Waals surface area contributed by atoms with Crippen LogP contribution in [0.1, 0.15) is 32.6 Å². The number of benzene rings is 2. The van der Waals surface area contributed by atoms with Crippen molar-refractivity contribution in [2.24, 2.45) is 5.92 Å². The summed E-state index contributed by atoms with van der Waals surface area (Å²) in [6, 6.07) is 15.0.